The molecular formula is C16H19NO5S. The first-order valence-corrected chi connectivity index (χ1v) is 8.03. The van der Waals surface area contributed by atoms with Crippen molar-refractivity contribution in [1.29, 1.82) is 0 Å². The van der Waals surface area contributed by atoms with Crippen LogP contribution in [0.25, 0.3) is 0 Å². The lowest BCUT2D eigenvalue weighted by Gasteiger charge is -2.29. The number of thiophene rings is 1. The molecule has 6 nitrogen and oxygen atoms in total. The van der Waals surface area contributed by atoms with Crippen molar-refractivity contribution >= 4 is 29.0 Å². The first kappa shape index (κ1) is 17.4. The van der Waals surface area contributed by atoms with Crippen LogP contribution in [-0.4, -0.2) is 43.1 Å². The number of esters is 1. The number of carboxylic acids is 1. The molecule has 2 heterocycles. The molecule has 1 aromatic heterocycles. The number of ether oxygens (including phenoxy) is 2. The first-order valence-electron chi connectivity index (χ1n) is 7.15. The highest BCUT2D eigenvalue weighted by Gasteiger charge is 2.42. The van der Waals surface area contributed by atoms with Crippen LogP contribution in [0.5, 0.6) is 0 Å². The van der Waals surface area contributed by atoms with Gasteiger partial charge in [0.2, 0.25) is 0 Å². The standard InChI is InChI=1S/C16H19NO5S/c1-9-12(15(18)19)14(11-5-4-8-23-11)13(10(2)17-9)16(20)22-7-6-21-3/h4-5,8,12,14H,6-7H2,1-3H3,(H,18,19). The van der Waals surface area contributed by atoms with E-state index in [1.807, 2.05) is 17.5 Å². The van der Waals surface area contributed by atoms with Crippen LogP contribution in [0.3, 0.4) is 0 Å². The lowest BCUT2D eigenvalue weighted by atomic mass is 9.79. The van der Waals surface area contributed by atoms with Gasteiger partial charge in [0, 0.05) is 29.3 Å². The number of hydrogen-bond donors (Lipinski definition) is 1. The summed E-state index contributed by atoms with van der Waals surface area (Å²) in [7, 11) is 1.52. The van der Waals surface area contributed by atoms with Gasteiger partial charge in [-0.25, -0.2) is 4.79 Å². The Bertz CT molecular complexity index is 647. The van der Waals surface area contributed by atoms with Crippen LogP contribution >= 0.6 is 11.3 Å². The van der Waals surface area contributed by atoms with E-state index in [9.17, 15) is 14.7 Å². The van der Waals surface area contributed by atoms with Crippen LogP contribution in [0.1, 0.15) is 24.6 Å². The second kappa shape index (κ2) is 7.52. The lowest BCUT2D eigenvalue weighted by Crippen LogP contribution is -2.35. The number of hydrogen-bond acceptors (Lipinski definition) is 6. The summed E-state index contributed by atoms with van der Waals surface area (Å²) in [5.41, 5.74) is 1.30. The average molecular weight is 337 g/mol. The van der Waals surface area contributed by atoms with Gasteiger partial charge in [0.1, 0.15) is 12.5 Å². The topological polar surface area (TPSA) is 85.2 Å². The Hall–Kier alpha value is -1.99. The van der Waals surface area contributed by atoms with Gasteiger partial charge < -0.3 is 14.6 Å². The summed E-state index contributed by atoms with van der Waals surface area (Å²) in [4.78, 5) is 29.3. The van der Waals surface area contributed by atoms with Gasteiger partial charge in [-0.15, -0.1) is 11.3 Å². The Morgan fingerprint density at radius 1 is 1.35 bits per heavy atom. The molecule has 2 rings (SSSR count). The maximum atomic E-state index is 12.5. The number of carboxylic acid groups (broad SMARTS) is 1. The summed E-state index contributed by atoms with van der Waals surface area (Å²) in [6.07, 6.45) is 0. The molecule has 23 heavy (non-hydrogen) atoms. The Morgan fingerprint density at radius 3 is 2.65 bits per heavy atom. The summed E-state index contributed by atoms with van der Waals surface area (Å²) in [6, 6.07) is 3.67. The van der Waals surface area contributed by atoms with E-state index >= 15 is 0 Å². The van der Waals surface area contributed by atoms with Gasteiger partial charge >= 0.3 is 11.9 Å². The summed E-state index contributed by atoms with van der Waals surface area (Å²) >= 11 is 1.42. The van der Waals surface area contributed by atoms with Crippen LogP contribution in [0.15, 0.2) is 33.8 Å². The van der Waals surface area contributed by atoms with E-state index in [4.69, 9.17) is 9.47 Å². The number of methoxy groups -OCH3 is 1. The predicted octanol–water partition coefficient (Wildman–Crippen LogP) is 2.47. The van der Waals surface area contributed by atoms with Gasteiger partial charge in [-0.05, 0) is 25.3 Å². The molecule has 2 unspecified atom stereocenters. The minimum atomic E-state index is -1.00. The Labute approximate surface area is 138 Å². The molecule has 0 aromatic carbocycles. The molecule has 0 fully saturated rings. The summed E-state index contributed by atoms with van der Waals surface area (Å²) in [6.45, 7) is 3.78. The fourth-order valence-corrected chi connectivity index (χ4v) is 3.57. The minimum absolute atomic E-state index is 0.115. The van der Waals surface area contributed by atoms with Crippen molar-refractivity contribution in [2.24, 2.45) is 10.9 Å². The van der Waals surface area contributed by atoms with E-state index in [2.05, 4.69) is 4.99 Å². The summed E-state index contributed by atoms with van der Waals surface area (Å²) in [5, 5.41) is 11.5. The van der Waals surface area contributed by atoms with E-state index in [0.29, 0.717) is 17.0 Å². The largest absolute Gasteiger partial charge is 0.481 e. The number of aliphatic carboxylic acids is 1. The van der Waals surface area contributed by atoms with Gasteiger partial charge in [0.25, 0.3) is 0 Å². The number of aliphatic imine (C=N–C) groups is 1. The van der Waals surface area contributed by atoms with E-state index in [1.54, 1.807) is 13.8 Å². The second-order valence-electron chi connectivity index (χ2n) is 5.19. The molecule has 0 saturated carbocycles. The SMILES string of the molecule is COCCOC(=O)C1=C(C)N=C(C)C(C(=O)O)C1c1cccs1. The molecule has 1 aliphatic heterocycles. The number of nitrogens with zero attached hydrogens (tertiary/aromatic N) is 1. The minimum Gasteiger partial charge on any atom is -0.481 e. The molecule has 0 bridgehead atoms. The zero-order chi connectivity index (χ0) is 17.0. The predicted molar refractivity (Wildman–Crippen MR) is 86.8 cm³/mol. The first-order chi connectivity index (χ1) is 11.0. The van der Waals surface area contributed by atoms with E-state index in [-0.39, 0.29) is 13.2 Å². The molecule has 2 atom stereocenters. The molecule has 124 valence electrons. The maximum Gasteiger partial charge on any atom is 0.336 e. The van der Waals surface area contributed by atoms with Crippen molar-refractivity contribution in [3.05, 3.63) is 33.7 Å². The third kappa shape index (κ3) is 3.68. The molecule has 0 amide bonds. The van der Waals surface area contributed by atoms with Crippen LogP contribution < -0.4 is 0 Å². The highest BCUT2D eigenvalue weighted by atomic mass is 32.1. The van der Waals surface area contributed by atoms with Gasteiger partial charge in [0.15, 0.2) is 0 Å². The normalized spacial score (nSPS) is 21.1. The lowest BCUT2D eigenvalue weighted by molar-refractivity contribution is -0.141. The van der Waals surface area contributed by atoms with Crippen molar-refractivity contribution in [2.45, 2.75) is 19.8 Å². The maximum absolute atomic E-state index is 12.5. The quantitative estimate of drug-likeness (QED) is 0.637. The summed E-state index contributed by atoms with van der Waals surface area (Å²) < 4.78 is 10.1. The van der Waals surface area contributed by atoms with E-state index < -0.39 is 23.8 Å². The highest BCUT2D eigenvalue weighted by Crippen LogP contribution is 2.41. The third-order valence-corrected chi connectivity index (χ3v) is 4.64. The van der Waals surface area contributed by atoms with Crippen molar-refractivity contribution < 1.29 is 24.2 Å². The highest BCUT2D eigenvalue weighted by molar-refractivity contribution is 7.10. The second-order valence-corrected chi connectivity index (χ2v) is 6.17. The van der Waals surface area contributed by atoms with Gasteiger partial charge in [-0.1, -0.05) is 6.07 Å². The van der Waals surface area contributed by atoms with Crippen molar-refractivity contribution in [3.8, 4) is 0 Å². The molecule has 0 spiro atoms. The molecule has 1 N–H and O–H groups in total. The molecule has 1 aromatic rings. The Balaban J connectivity index is 2.43. The zero-order valence-electron chi connectivity index (χ0n) is 13.2. The Kier molecular flexibility index (Phi) is 5.68. The van der Waals surface area contributed by atoms with Gasteiger partial charge in [-0.3, -0.25) is 9.79 Å². The van der Waals surface area contributed by atoms with Gasteiger partial charge in [-0.2, -0.15) is 0 Å². The fraction of sp³-hybridized carbons (Fsp3) is 0.438. The van der Waals surface area contributed by atoms with E-state index in [1.165, 1.54) is 18.4 Å². The number of carbonyl (C=O) groups excluding carboxylic acids is 1. The molecular weight excluding hydrogens is 318 g/mol. The van der Waals surface area contributed by atoms with Crippen molar-refractivity contribution in [2.75, 3.05) is 20.3 Å². The molecule has 0 radical (unpaired) electrons. The fourth-order valence-electron chi connectivity index (χ4n) is 2.69. The van der Waals surface area contributed by atoms with Crippen molar-refractivity contribution in [3.63, 3.8) is 0 Å². The van der Waals surface area contributed by atoms with Crippen LogP contribution in [-0.2, 0) is 19.1 Å². The Morgan fingerprint density at radius 2 is 2.09 bits per heavy atom. The van der Waals surface area contributed by atoms with Crippen molar-refractivity contribution in [1.82, 2.24) is 0 Å². The van der Waals surface area contributed by atoms with Crippen LogP contribution in [0.4, 0.5) is 0 Å². The van der Waals surface area contributed by atoms with Crippen LogP contribution in [0.2, 0.25) is 0 Å². The molecule has 7 heteroatoms. The third-order valence-electron chi connectivity index (χ3n) is 3.68. The monoisotopic (exact) mass is 337 g/mol. The summed E-state index contributed by atoms with van der Waals surface area (Å²) in [5.74, 6) is -3.00. The molecule has 0 saturated heterocycles. The molecule has 0 aliphatic carbocycles. The number of rotatable bonds is 6. The smallest absolute Gasteiger partial charge is 0.336 e. The van der Waals surface area contributed by atoms with Gasteiger partial charge in [0.05, 0.1) is 12.2 Å². The number of carbonyl (C=O) groups is 2. The zero-order valence-corrected chi connectivity index (χ0v) is 14.1. The van der Waals surface area contributed by atoms with E-state index in [0.717, 1.165) is 4.88 Å². The van der Waals surface area contributed by atoms with Crippen LogP contribution in [0, 0.1) is 5.92 Å². The molecule has 1 aliphatic rings. The number of allylic oxidation sites excluding steroid dienone is 1. The average Bonchev–Trinajstić information content (AvgIpc) is 2.99.